The smallest absolute Gasteiger partial charge is 0.234 e. The van der Waals surface area contributed by atoms with Crippen molar-refractivity contribution < 1.29 is 13.2 Å². The zero-order valence-electron chi connectivity index (χ0n) is 13.3. The van der Waals surface area contributed by atoms with Gasteiger partial charge in [0.25, 0.3) is 0 Å². The SMILES string of the molecule is COCCS(=O)(=O)Nc1ccc(CCCN2CCCC2)cc1. The summed E-state index contributed by atoms with van der Waals surface area (Å²) in [6.45, 7) is 3.83. The first kappa shape index (κ1) is 17.2. The molecule has 0 saturated carbocycles. The first-order chi connectivity index (χ1) is 10.6. The standard InChI is InChI=1S/C16H26N2O3S/c1-21-13-14-22(19,20)17-16-8-6-15(7-9-16)5-4-12-18-10-2-3-11-18/h6-9,17H,2-5,10-14H2,1H3. The summed E-state index contributed by atoms with van der Waals surface area (Å²) in [5.74, 6) is -0.0267. The van der Waals surface area contributed by atoms with Gasteiger partial charge in [-0.1, -0.05) is 12.1 Å². The quantitative estimate of drug-likeness (QED) is 0.755. The van der Waals surface area contributed by atoms with E-state index in [1.807, 2.05) is 24.3 Å². The molecular weight excluding hydrogens is 300 g/mol. The van der Waals surface area contributed by atoms with E-state index >= 15 is 0 Å². The number of ether oxygens (including phenoxy) is 1. The number of nitrogens with one attached hydrogen (secondary N) is 1. The highest BCUT2D eigenvalue weighted by atomic mass is 32.2. The topological polar surface area (TPSA) is 58.6 Å². The molecule has 0 spiro atoms. The van der Waals surface area contributed by atoms with Gasteiger partial charge >= 0.3 is 0 Å². The van der Waals surface area contributed by atoms with Crippen molar-refractivity contribution in [2.24, 2.45) is 0 Å². The molecule has 0 aliphatic carbocycles. The summed E-state index contributed by atoms with van der Waals surface area (Å²) >= 11 is 0. The Hall–Kier alpha value is -1.11. The van der Waals surface area contributed by atoms with Crippen LogP contribution in [0.5, 0.6) is 0 Å². The molecule has 0 unspecified atom stereocenters. The Bertz CT molecular complexity index is 537. The lowest BCUT2D eigenvalue weighted by molar-refractivity contribution is 0.217. The third-order valence-electron chi connectivity index (χ3n) is 3.92. The number of rotatable bonds is 9. The van der Waals surface area contributed by atoms with Gasteiger partial charge in [0.15, 0.2) is 0 Å². The van der Waals surface area contributed by atoms with Crippen LogP contribution in [-0.4, -0.2) is 52.4 Å². The van der Waals surface area contributed by atoms with Crippen LogP contribution in [0.3, 0.4) is 0 Å². The fraction of sp³-hybridized carbons (Fsp3) is 0.625. The Morgan fingerprint density at radius 2 is 1.86 bits per heavy atom. The van der Waals surface area contributed by atoms with Gasteiger partial charge in [-0.3, -0.25) is 4.72 Å². The molecule has 124 valence electrons. The lowest BCUT2D eigenvalue weighted by atomic mass is 10.1. The molecule has 1 N–H and O–H groups in total. The summed E-state index contributed by atoms with van der Waals surface area (Å²) < 4.78 is 30.9. The molecule has 0 atom stereocenters. The number of sulfonamides is 1. The van der Waals surface area contributed by atoms with Gasteiger partial charge in [0.05, 0.1) is 12.4 Å². The summed E-state index contributed by atoms with van der Waals surface area (Å²) in [5, 5.41) is 0. The fourth-order valence-electron chi connectivity index (χ4n) is 2.68. The minimum atomic E-state index is -3.32. The number of anilines is 1. The number of methoxy groups -OCH3 is 1. The highest BCUT2D eigenvalue weighted by Gasteiger charge is 2.11. The predicted octanol–water partition coefficient (Wildman–Crippen LogP) is 2.10. The number of hydrogen-bond donors (Lipinski definition) is 1. The third kappa shape index (κ3) is 5.94. The van der Waals surface area contributed by atoms with Gasteiger partial charge in [-0.05, 0) is 63.0 Å². The fourth-order valence-corrected chi connectivity index (χ4v) is 3.66. The van der Waals surface area contributed by atoms with Crippen LogP contribution >= 0.6 is 0 Å². The Morgan fingerprint density at radius 1 is 1.18 bits per heavy atom. The number of likely N-dealkylation sites (tertiary alicyclic amines) is 1. The lowest BCUT2D eigenvalue weighted by Crippen LogP contribution is -2.20. The third-order valence-corrected chi connectivity index (χ3v) is 5.17. The van der Waals surface area contributed by atoms with E-state index in [0.717, 1.165) is 19.4 Å². The minimum absolute atomic E-state index is 0.0267. The van der Waals surface area contributed by atoms with Crippen molar-refractivity contribution in [2.75, 3.05) is 43.8 Å². The van der Waals surface area contributed by atoms with Gasteiger partial charge in [-0.25, -0.2) is 8.42 Å². The van der Waals surface area contributed by atoms with Gasteiger partial charge < -0.3 is 9.64 Å². The molecule has 6 heteroatoms. The van der Waals surface area contributed by atoms with E-state index in [0.29, 0.717) is 5.69 Å². The van der Waals surface area contributed by atoms with Crippen LogP contribution in [0.25, 0.3) is 0 Å². The number of aryl methyl sites for hydroxylation is 1. The van der Waals surface area contributed by atoms with E-state index in [4.69, 9.17) is 4.74 Å². The molecule has 1 aliphatic rings. The largest absolute Gasteiger partial charge is 0.384 e. The first-order valence-electron chi connectivity index (χ1n) is 7.90. The monoisotopic (exact) mass is 326 g/mol. The lowest BCUT2D eigenvalue weighted by Gasteiger charge is -2.14. The van der Waals surface area contributed by atoms with Gasteiger partial charge in [0, 0.05) is 12.8 Å². The van der Waals surface area contributed by atoms with E-state index in [2.05, 4.69) is 9.62 Å². The predicted molar refractivity (Wildman–Crippen MR) is 89.7 cm³/mol. The molecule has 1 fully saturated rings. The van der Waals surface area contributed by atoms with Crippen molar-refractivity contribution in [3.63, 3.8) is 0 Å². The van der Waals surface area contributed by atoms with Crippen molar-refractivity contribution in [1.82, 2.24) is 4.90 Å². The average Bonchev–Trinajstić information content (AvgIpc) is 3.00. The van der Waals surface area contributed by atoms with Gasteiger partial charge in [0.2, 0.25) is 10.0 Å². The normalized spacial score (nSPS) is 16.0. The second-order valence-electron chi connectivity index (χ2n) is 5.76. The molecule has 5 nitrogen and oxygen atoms in total. The van der Waals surface area contributed by atoms with E-state index < -0.39 is 10.0 Å². The maximum Gasteiger partial charge on any atom is 0.234 e. The van der Waals surface area contributed by atoms with Crippen LogP contribution in [0.2, 0.25) is 0 Å². The summed E-state index contributed by atoms with van der Waals surface area (Å²) in [7, 11) is -1.83. The Labute approximate surface area is 133 Å². The zero-order valence-corrected chi connectivity index (χ0v) is 14.1. The summed E-state index contributed by atoms with van der Waals surface area (Å²) in [6, 6.07) is 7.65. The maximum atomic E-state index is 11.8. The van der Waals surface area contributed by atoms with Crippen LogP contribution < -0.4 is 4.72 Å². The molecule has 0 bridgehead atoms. The van der Waals surface area contributed by atoms with Crippen molar-refractivity contribution in [2.45, 2.75) is 25.7 Å². The van der Waals surface area contributed by atoms with Gasteiger partial charge in [-0.2, -0.15) is 0 Å². The van der Waals surface area contributed by atoms with Gasteiger partial charge in [0.1, 0.15) is 0 Å². The van der Waals surface area contributed by atoms with Crippen LogP contribution in [-0.2, 0) is 21.2 Å². The second-order valence-corrected chi connectivity index (χ2v) is 7.60. The van der Waals surface area contributed by atoms with Crippen molar-refractivity contribution in [1.29, 1.82) is 0 Å². The number of hydrogen-bond acceptors (Lipinski definition) is 4. The van der Waals surface area contributed by atoms with E-state index in [1.54, 1.807) is 0 Å². The molecule has 0 radical (unpaired) electrons. The molecule has 0 amide bonds. The molecule has 1 aromatic carbocycles. The first-order valence-corrected chi connectivity index (χ1v) is 9.55. The minimum Gasteiger partial charge on any atom is -0.384 e. The highest BCUT2D eigenvalue weighted by Crippen LogP contribution is 2.14. The Balaban J connectivity index is 1.77. The molecule has 22 heavy (non-hydrogen) atoms. The number of benzene rings is 1. The summed E-state index contributed by atoms with van der Waals surface area (Å²) in [6.07, 6.45) is 4.85. The Morgan fingerprint density at radius 3 is 2.50 bits per heavy atom. The molecule has 0 aromatic heterocycles. The molecular formula is C16H26N2O3S. The maximum absolute atomic E-state index is 11.8. The molecule has 2 rings (SSSR count). The van der Waals surface area contributed by atoms with Crippen LogP contribution in [0.4, 0.5) is 5.69 Å². The van der Waals surface area contributed by atoms with E-state index in [1.165, 1.54) is 38.6 Å². The molecule has 1 saturated heterocycles. The highest BCUT2D eigenvalue weighted by molar-refractivity contribution is 7.92. The van der Waals surface area contributed by atoms with Crippen LogP contribution in [0.1, 0.15) is 24.8 Å². The Kier molecular flexibility index (Phi) is 6.67. The molecule has 1 heterocycles. The van der Waals surface area contributed by atoms with Gasteiger partial charge in [-0.15, -0.1) is 0 Å². The summed E-state index contributed by atoms with van der Waals surface area (Å²) in [5.41, 5.74) is 1.86. The number of nitrogens with zero attached hydrogens (tertiary/aromatic N) is 1. The van der Waals surface area contributed by atoms with E-state index in [9.17, 15) is 8.42 Å². The van der Waals surface area contributed by atoms with Crippen LogP contribution in [0.15, 0.2) is 24.3 Å². The second kappa shape index (κ2) is 8.50. The van der Waals surface area contributed by atoms with Crippen molar-refractivity contribution in [3.8, 4) is 0 Å². The molecule has 1 aromatic rings. The average molecular weight is 326 g/mol. The van der Waals surface area contributed by atoms with Crippen molar-refractivity contribution >= 4 is 15.7 Å². The van der Waals surface area contributed by atoms with Crippen molar-refractivity contribution in [3.05, 3.63) is 29.8 Å². The zero-order chi connectivity index (χ0) is 15.8. The molecule has 1 aliphatic heterocycles. The van der Waals surface area contributed by atoms with E-state index in [-0.39, 0.29) is 12.4 Å². The summed E-state index contributed by atoms with van der Waals surface area (Å²) in [4.78, 5) is 2.51. The van der Waals surface area contributed by atoms with Crippen LogP contribution in [0, 0.1) is 0 Å².